The van der Waals surface area contributed by atoms with E-state index in [0.717, 1.165) is 35.7 Å². The van der Waals surface area contributed by atoms with E-state index >= 15 is 0 Å². The van der Waals surface area contributed by atoms with Crippen LogP contribution in [0.5, 0.6) is 0 Å². The predicted octanol–water partition coefficient (Wildman–Crippen LogP) is 3.09. The van der Waals surface area contributed by atoms with Gasteiger partial charge in [0.1, 0.15) is 5.76 Å². The maximum atomic E-state index is 12.3. The monoisotopic (exact) mass is 343 g/mol. The first-order chi connectivity index (χ1) is 12.1. The molecule has 0 bridgehead atoms. The van der Waals surface area contributed by atoms with E-state index in [1.54, 1.807) is 6.26 Å². The molecule has 0 radical (unpaired) electrons. The molecule has 6 nitrogen and oxygen atoms in total. The third kappa shape index (κ3) is 4.84. The van der Waals surface area contributed by atoms with Gasteiger partial charge in [0.25, 0.3) is 0 Å². The fraction of sp³-hybridized carbons (Fsp3) is 0.421. The summed E-state index contributed by atoms with van der Waals surface area (Å²) in [6.07, 6.45) is 1.67. The van der Waals surface area contributed by atoms with Crippen LogP contribution in [0.3, 0.4) is 0 Å². The van der Waals surface area contributed by atoms with E-state index in [-0.39, 0.29) is 12.1 Å². The third-order valence-electron chi connectivity index (χ3n) is 4.29. The molecule has 2 heterocycles. The first kappa shape index (κ1) is 17.5. The molecule has 1 fully saturated rings. The fourth-order valence-electron chi connectivity index (χ4n) is 3.19. The Morgan fingerprint density at radius 1 is 1.20 bits per heavy atom. The number of benzene rings is 1. The molecule has 0 saturated carbocycles. The van der Waals surface area contributed by atoms with Crippen molar-refractivity contribution in [3.63, 3.8) is 0 Å². The highest BCUT2D eigenvalue weighted by molar-refractivity contribution is 5.89. The highest BCUT2D eigenvalue weighted by atomic mass is 16.5. The van der Waals surface area contributed by atoms with Crippen LogP contribution in [0.25, 0.3) is 0 Å². The van der Waals surface area contributed by atoms with Gasteiger partial charge in [0, 0.05) is 25.3 Å². The topological polar surface area (TPSA) is 66.7 Å². The van der Waals surface area contributed by atoms with E-state index in [1.165, 1.54) is 0 Å². The highest BCUT2D eigenvalue weighted by Gasteiger charge is 2.25. The van der Waals surface area contributed by atoms with Gasteiger partial charge in [-0.15, -0.1) is 0 Å². The van der Waals surface area contributed by atoms with Gasteiger partial charge in [-0.05, 0) is 49.2 Å². The summed E-state index contributed by atoms with van der Waals surface area (Å²) < 4.78 is 11.0. The molecular formula is C19H25N3O3. The number of hydrogen-bond donors (Lipinski definition) is 2. The first-order valence-corrected chi connectivity index (χ1v) is 8.60. The maximum absolute atomic E-state index is 12.3. The number of carbonyl (C=O) groups excluding carboxylic acids is 1. The Labute approximate surface area is 148 Å². The number of urea groups is 1. The summed E-state index contributed by atoms with van der Waals surface area (Å²) in [5, 5.41) is 5.87. The number of nitrogens with zero attached hydrogens (tertiary/aromatic N) is 1. The van der Waals surface area contributed by atoms with Crippen molar-refractivity contribution in [1.82, 2.24) is 10.2 Å². The summed E-state index contributed by atoms with van der Waals surface area (Å²) >= 11 is 0. The lowest BCUT2D eigenvalue weighted by molar-refractivity contribution is 0.0124. The van der Waals surface area contributed by atoms with Crippen LogP contribution < -0.4 is 10.6 Å². The second-order valence-corrected chi connectivity index (χ2v) is 6.39. The largest absolute Gasteiger partial charge is 0.468 e. The van der Waals surface area contributed by atoms with Crippen molar-refractivity contribution in [2.75, 3.05) is 38.2 Å². The Hall–Kier alpha value is -2.31. The van der Waals surface area contributed by atoms with Gasteiger partial charge in [-0.3, -0.25) is 4.90 Å². The van der Waals surface area contributed by atoms with Crippen LogP contribution in [-0.2, 0) is 4.74 Å². The number of rotatable bonds is 5. The number of aryl methyl sites for hydroxylation is 2. The van der Waals surface area contributed by atoms with Crippen molar-refractivity contribution in [3.8, 4) is 0 Å². The van der Waals surface area contributed by atoms with E-state index in [2.05, 4.69) is 21.6 Å². The third-order valence-corrected chi connectivity index (χ3v) is 4.29. The predicted molar refractivity (Wildman–Crippen MR) is 96.8 cm³/mol. The number of morpholine rings is 1. The molecule has 6 heteroatoms. The quantitative estimate of drug-likeness (QED) is 0.875. The maximum Gasteiger partial charge on any atom is 0.319 e. The zero-order chi connectivity index (χ0) is 17.6. The molecule has 1 unspecified atom stereocenters. The van der Waals surface area contributed by atoms with Crippen LogP contribution in [0.15, 0.2) is 41.0 Å². The van der Waals surface area contributed by atoms with Crippen molar-refractivity contribution in [3.05, 3.63) is 53.5 Å². The Morgan fingerprint density at radius 2 is 1.92 bits per heavy atom. The van der Waals surface area contributed by atoms with Crippen LogP contribution in [0, 0.1) is 13.8 Å². The summed E-state index contributed by atoms with van der Waals surface area (Å²) in [7, 11) is 0. The van der Waals surface area contributed by atoms with Gasteiger partial charge < -0.3 is 19.8 Å². The Bertz CT molecular complexity index is 674. The van der Waals surface area contributed by atoms with Crippen LogP contribution in [0.4, 0.5) is 10.5 Å². The van der Waals surface area contributed by atoms with E-state index < -0.39 is 0 Å². The van der Waals surface area contributed by atoms with Crippen molar-refractivity contribution >= 4 is 11.7 Å². The molecule has 1 aromatic carbocycles. The summed E-state index contributed by atoms with van der Waals surface area (Å²) in [6, 6.07) is 9.60. The van der Waals surface area contributed by atoms with Gasteiger partial charge in [-0.1, -0.05) is 6.07 Å². The number of hydrogen-bond acceptors (Lipinski definition) is 4. The molecule has 3 rings (SSSR count). The number of nitrogens with one attached hydrogen (secondary N) is 2. The van der Waals surface area contributed by atoms with E-state index in [1.807, 2.05) is 38.1 Å². The van der Waals surface area contributed by atoms with Gasteiger partial charge >= 0.3 is 6.03 Å². The number of amides is 2. The summed E-state index contributed by atoms with van der Waals surface area (Å²) in [4.78, 5) is 14.6. The Morgan fingerprint density at radius 3 is 2.56 bits per heavy atom. The van der Waals surface area contributed by atoms with Crippen LogP contribution in [0.2, 0.25) is 0 Å². The number of anilines is 1. The molecule has 1 aliphatic rings. The lowest BCUT2D eigenvalue weighted by Gasteiger charge is -2.33. The van der Waals surface area contributed by atoms with Gasteiger partial charge in [-0.2, -0.15) is 0 Å². The van der Waals surface area contributed by atoms with Crippen molar-refractivity contribution < 1.29 is 13.9 Å². The Balaban J connectivity index is 1.61. The minimum atomic E-state index is -0.213. The van der Waals surface area contributed by atoms with Gasteiger partial charge in [-0.25, -0.2) is 4.79 Å². The lowest BCUT2D eigenvalue weighted by atomic mass is 10.1. The molecule has 1 atom stereocenters. The molecule has 1 aliphatic heterocycles. The highest BCUT2D eigenvalue weighted by Crippen LogP contribution is 2.21. The minimum Gasteiger partial charge on any atom is -0.468 e. The average molecular weight is 343 g/mol. The summed E-state index contributed by atoms with van der Waals surface area (Å²) in [6.45, 7) is 7.56. The SMILES string of the molecule is Cc1cc(C)cc(NC(=O)NCC(c2ccco2)N2CCOCC2)c1. The van der Waals surface area contributed by atoms with E-state index in [9.17, 15) is 4.79 Å². The Kier molecular flexibility index (Phi) is 5.73. The number of ether oxygens (including phenoxy) is 1. The molecule has 25 heavy (non-hydrogen) atoms. The molecule has 1 saturated heterocycles. The lowest BCUT2D eigenvalue weighted by Crippen LogP contribution is -2.44. The smallest absolute Gasteiger partial charge is 0.319 e. The zero-order valence-electron chi connectivity index (χ0n) is 14.7. The molecule has 2 amide bonds. The van der Waals surface area contributed by atoms with Gasteiger partial charge in [0.05, 0.1) is 25.5 Å². The molecule has 134 valence electrons. The van der Waals surface area contributed by atoms with Crippen molar-refractivity contribution in [2.24, 2.45) is 0 Å². The summed E-state index contributed by atoms with van der Waals surface area (Å²) in [5.41, 5.74) is 3.05. The molecule has 2 N–H and O–H groups in total. The molecule has 0 aliphatic carbocycles. The second kappa shape index (κ2) is 8.18. The molecule has 1 aromatic heterocycles. The average Bonchev–Trinajstić information content (AvgIpc) is 3.09. The number of carbonyl (C=O) groups is 1. The van der Waals surface area contributed by atoms with Crippen molar-refractivity contribution in [2.45, 2.75) is 19.9 Å². The first-order valence-electron chi connectivity index (χ1n) is 8.60. The van der Waals surface area contributed by atoms with Crippen LogP contribution in [-0.4, -0.2) is 43.8 Å². The summed E-state index contributed by atoms with van der Waals surface area (Å²) in [5.74, 6) is 0.855. The minimum absolute atomic E-state index is 0.00361. The normalized spacial score (nSPS) is 16.4. The zero-order valence-corrected chi connectivity index (χ0v) is 14.7. The molecular weight excluding hydrogens is 318 g/mol. The van der Waals surface area contributed by atoms with E-state index in [0.29, 0.717) is 19.8 Å². The van der Waals surface area contributed by atoms with Crippen molar-refractivity contribution in [1.29, 1.82) is 0 Å². The number of furan rings is 1. The van der Waals surface area contributed by atoms with E-state index in [4.69, 9.17) is 9.15 Å². The van der Waals surface area contributed by atoms with Crippen LogP contribution in [0.1, 0.15) is 22.9 Å². The van der Waals surface area contributed by atoms with Gasteiger partial charge in [0.15, 0.2) is 0 Å². The standard InChI is InChI=1S/C19H25N3O3/c1-14-10-15(2)12-16(11-14)21-19(23)20-13-17(18-4-3-7-25-18)22-5-8-24-9-6-22/h3-4,7,10-12,17H,5-6,8-9,13H2,1-2H3,(H2,20,21,23). The van der Waals surface area contributed by atoms with Gasteiger partial charge in [0.2, 0.25) is 0 Å². The second-order valence-electron chi connectivity index (χ2n) is 6.39. The van der Waals surface area contributed by atoms with Crippen LogP contribution >= 0.6 is 0 Å². The molecule has 2 aromatic rings. The fourth-order valence-corrected chi connectivity index (χ4v) is 3.19. The molecule has 0 spiro atoms.